The number of hydrogen-bond donors (Lipinski definition) is 1. The molecule has 0 amide bonds. The Kier molecular flexibility index (Phi) is 19.6. The standard InChI is InChI=1S/C45H62O20/c1-10-45(44(50)59-22-29-19-15-12-16-20-29)40(64-42-38(54-8)34(52-6)32(51-5)30(62-42)23-56-25(2)46)36(53-7)39(55-9)43(65-45)63-33-31(24-57-26(3)47)61-41(49)37(35(33)60-27(4)48)58-21-28-17-13-11-14-18-28/h11-20,30-43,49H,10,21-24H2,1-9H3/t30-,31-,32-,33-,34+,35+,36-,37-,38-,39-,40+,41-,42-,43-,45+/m1/s1. The van der Waals surface area contributed by atoms with Gasteiger partial charge in [0.05, 0.1) is 6.61 Å². The number of carbonyl (C=O) groups excluding carboxylic acids is 4. The Morgan fingerprint density at radius 1 is 0.569 bits per heavy atom. The lowest BCUT2D eigenvalue weighted by Gasteiger charge is -2.53. The number of carbonyl (C=O) groups is 4. The molecule has 0 unspecified atom stereocenters. The molecule has 5 rings (SSSR count). The maximum atomic E-state index is 14.9. The number of esters is 4. The number of benzene rings is 2. The van der Waals surface area contributed by atoms with Crippen LogP contribution in [-0.2, 0) is 103 Å². The highest BCUT2D eigenvalue weighted by Crippen LogP contribution is 2.43. The van der Waals surface area contributed by atoms with Crippen LogP contribution in [0.15, 0.2) is 60.7 Å². The third kappa shape index (κ3) is 12.6. The smallest absolute Gasteiger partial charge is 0.341 e. The van der Waals surface area contributed by atoms with Gasteiger partial charge in [-0.05, 0) is 17.5 Å². The fraction of sp³-hybridized carbons (Fsp3) is 0.644. The quantitative estimate of drug-likeness (QED) is 0.140. The number of aliphatic hydroxyl groups excluding tert-OH is 1. The van der Waals surface area contributed by atoms with Gasteiger partial charge in [0.15, 0.2) is 30.6 Å². The van der Waals surface area contributed by atoms with Crippen molar-refractivity contribution in [2.45, 2.75) is 139 Å². The number of methoxy groups -OCH3 is 5. The molecule has 0 spiro atoms. The van der Waals surface area contributed by atoms with E-state index in [9.17, 15) is 24.3 Å². The number of aliphatic hydroxyl groups is 1. The Bertz CT molecular complexity index is 1800. The van der Waals surface area contributed by atoms with E-state index in [1.165, 1.54) is 49.4 Å². The maximum Gasteiger partial charge on any atom is 0.341 e. The predicted octanol–water partition coefficient (Wildman–Crippen LogP) is 2.17. The summed E-state index contributed by atoms with van der Waals surface area (Å²) in [6.07, 6.45) is -17.9. The van der Waals surface area contributed by atoms with Crippen molar-refractivity contribution >= 4 is 23.9 Å². The Morgan fingerprint density at radius 2 is 1.09 bits per heavy atom. The zero-order valence-electron chi connectivity index (χ0n) is 38.1. The Hall–Kier alpha value is -4.16. The van der Waals surface area contributed by atoms with Crippen LogP contribution in [0.1, 0.15) is 45.2 Å². The summed E-state index contributed by atoms with van der Waals surface area (Å²) in [6, 6.07) is 18.0. The van der Waals surface area contributed by atoms with Crippen molar-refractivity contribution in [1.29, 1.82) is 0 Å². The van der Waals surface area contributed by atoms with Gasteiger partial charge in [-0.25, -0.2) is 4.79 Å². The van der Waals surface area contributed by atoms with Gasteiger partial charge in [-0.1, -0.05) is 67.6 Å². The summed E-state index contributed by atoms with van der Waals surface area (Å²) in [6.45, 7) is 4.32. The van der Waals surface area contributed by atoms with E-state index in [4.69, 9.17) is 71.1 Å². The summed E-state index contributed by atoms with van der Waals surface area (Å²) >= 11 is 0. The van der Waals surface area contributed by atoms with Crippen molar-refractivity contribution in [3.63, 3.8) is 0 Å². The highest BCUT2D eigenvalue weighted by molar-refractivity contribution is 5.81. The van der Waals surface area contributed by atoms with Crippen molar-refractivity contribution in [1.82, 2.24) is 0 Å². The first-order valence-electron chi connectivity index (χ1n) is 21.2. The molecule has 20 nitrogen and oxygen atoms in total. The van der Waals surface area contributed by atoms with Gasteiger partial charge < -0.3 is 76.2 Å². The van der Waals surface area contributed by atoms with Crippen molar-refractivity contribution in [2.24, 2.45) is 0 Å². The van der Waals surface area contributed by atoms with Crippen LogP contribution in [0.3, 0.4) is 0 Å². The molecule has 0 radical (unpaired) electrons. The molecule has 2 aromatic rings. The first kappa shape index (κ1) is 51.8. The topological polar surface area (TPSA) is 227 Å². The van der Waals surface area contributed by atoms with Gasteiger partial charge in [0.2, 0.25) is 0 Å². The summed E-state index contributed by atoms with van der Waals surface area (Å²) in [5.74, 6) is -2.91. The van der Waals surface area contributed by atoms with Crippen LogP contribution in [-0.4, -0.2) is 169 Å². The lowest BCUT2D eigenvalue weighted by molar-refractivity contribution is -0.397. The molecule has 15 atom stereocenters. The minimum absolute atomic E-state index is 0.0366. The van der Waals surface area contributed by atoms with Crippen LogP contribution in [0, 0.1) is 0 Å². The fourth-order valence-corrected chi connectivity index (χ4v) is 8.25. The summed E-state index contributed by atoms with van der Waals surface area (Å²) < 4.78 is 91.0. The van der Waals surface area contributed by atoms with Gasteiger partial charge >= 0.3 is 23.9 Å². The summed E-state index contributed by atoms with van der Waals surface area (Å²) in [5.41, 5.74) is -0.708. The van der Waals surface area contributed by atoms with Gasteiger partial charge in [-0.15, -0.1) is 0 Å². The fourth-order valence-electron chi connectivity index (χ4n) is 8.25. The van der Waals surface area contributed by atoms with Crippen LogP contribution >= 0.6 is 0 Å². The Labute approximate surface area is 378 Å². The molecule has 3 aliphatic heterocycles. The third-order valence-corrected chi connectivity index (χ3v) is 11.4. The first-order valence-corrected chi connectivity index (χ1v) is 21.2. The van der Waals surface area contributed by atoms with E-state index in [1.54, 1.807) is 55.5 Å². The largest absolute Gasteiger partial charge is 0.463 e. The monoisotopic (exact) mass is 922 g/mol. The van der Waals surface area contributed by atoms with Gasteiger partial charge in [0.25, 0.3) is 0 Å². The van der Waals surface area contributed by atoms with Gasteiger partial charge in [-0.2, -0.15) is 0 Å². The molecule has 362 valence electrons. The number of rotatable bonds is 21. The molecule has 0 aromatic heterocycles. The summed E-state index contributed by atoms with van der Waals surface area (Å²) in [7, 11) is 7.01. The molecular formula is C45H62O20. The van der Waals surface area contributed by atoms with Crippen molar-refractivity contribution in [2.75, 3.05) is 48.8 Å². The number of ether oxygens (including phenoxy) is 15. The van der Waals surface area contributed by atoms with Gasteiger partial charge in [0, 0.05) is 56.3 Å². The molecule has 3 saturated heterocycles. The molecule has 20 heteroatoms. The third-order valence-electron chi connectivity index (χ3n) is 11.4. The van der Waals surface area contributed by atoms with Crippen LogP contribution in [0.25, 0.3) is 0 Å². The van der Waals surface area contributed by atoms with E-state index >= 15 is 0 Å². The second-order valence-corrected chi connectivity index (χ2v) is 15.5. The Morgan fingerprint density at radius 3 is 1.60 bits per heavy atom. The highest BCUT2D eigenvalue weighted by atomic mass is 16.8. The van der Waals surface area contributed by atoms with Crippen LogP contribution in [0.5, 0.6) is 0 Å². The van der Waals surface area contributed by atoms with E-state index in [1.807, 2.05) is 12.1 Å². The minimum Gasteiger partial charge on any atom is -0.463 e. The highest BCUT2D eigenvalue weighted by Gasteiger charge is 2.64. The van der Waals surface area contributed by atoms with Crippen LogP contribution in [0.2, 0.25) is 0 Å². The van der Waals surface area contributed by atoms with Crippen molar-refractivity contribution in [3.8, 4) is 0 Å². The molecule has 3 aliphatic rings. The molecule has 0 bridgehead atoms. The zero-order valence-corrected chi connectivity index (χ0v) is 38.1. The van der Waals surface area contributed by atoms with E-state index in [0.717, 1.165) is 12.5 Å². The molecule has 0 aliphatic carbocycles. The average Bonchev–Trinajstić information content (AvgIpc) is 3.30. The Balaban J connectivity index is 1.59. The van der Waals surface area contributed by atoms with Crippen molar-refractivity contribution in [3.05, 3.63) is 71.8 Å². The van der Waals surface area contributed by atoms with Crippen LogP contribution < -0.4 is 0 Å². The molecular weight excluding hydrogens is 860 g/mol. The van der Waals surface area contributed by atoms with E-state index < -0.39 is 122 Å². The molecule has 1 N–H and O–H groups in total. The van der Waals surface area contributed by atoms with Crippen molar-refractivity contribution < 1.29 is 95.3 Å². The first-order chi connectivity index (χ1) is 31.2. The SMILES string of the molecule is CC[C@]1(C(=O)OCc2ccccc2)O[C@@H](O[C@H]2[C@H](OC(C)=O)[C@@H](OCc3ccccc3)[C@H](O)O[C@@H]2COC(C)=O)[C@H](OC)[C@@H](OC)[C@@H]1O[C@H]1O[C@H](COC(C)=O)[C@@H](OC)[C@H](OC)[C@H]1OC. The average molecular weight is 923 g/mol. The lowest BCUT2D eigenvalue weighted by Crippen LogP contribution is -2.72. The second-order valence-electron chi connectivity index (χ2n) is 15.5. The van der Waals surface area contributed by atoms with Crippen LogP contribution in [0.4, 0.5) is 0 Å². The van der Waals surface area contributed by atoms with Gasteiger partial charge in [0.1, 0.15) is 80.9 Å². The van der Waals surface area contributed by atoms with Gasteiger partial charge in [-0.3, -0.25) is 14.4 Å². The molecule has 3 fully saturated rings. The second kappa shape index (κ2) is 24.6. The normalized spacial score (nSPS) is 33.7. The molecule has 0 saturated carbocycles. The lowest BCUT2D eigenvalue weighted by atomic mass is 9.83. The van der Waals surface area contributed by atoms with E-state index in [2.05, 4.69) is 0 Å². The maximum absolute atomic E-state index is 14.9. The predicted molar refractivity (Wildman–Crippen MR) is 221 cm³/mol. The minimum atomic E-state index is -2.11. The molecule has 3 heterocycles. The zero-order chi connectivity index (χ0) is 47.3. The van der Waals surface area contributed by atoms with E-state index in [0.29, 0.717) is 5.56 Å². The molecule has 2 aromatic carbocycles. The molecule has 65 heavy (non-hydrogen) atoms. The van der Waals surface area contributed by atoms with E-state index in [-0.39, 0.29) is 26.2 Å². The number of hydrogen-bond acceptors (Lipinski definition) is 20. The summed E-state index contributed by atoms with van der Waals surface area (Å²) in [4.78, 5) is 51.8. The summed E-state index contributed by atoms with van der Waals surface area (Å²) in [5, 5.41) is 11.3.